The Morgan fingerprint density at radius 1 is 0.882 bits per heavy atom. The van der Waals surface area contributed by atoms with E-state index < -0.39 is 33.8 Å². The molecule has 0 atom stereocenters. The summed E-state index contributed by atoms with van der Waals surface area (Å²) in [6, 6.07) is 19.6. The van der Waals surface area contributed by atoms with Gasteiger partial charge in [0.2, 0.25) is 0 Å². The Hall–Kier alpha value is -0.00623. The standard InChI is InChI=1S/C13H9.C12H23OSi2.2CH3.2ClH.H2Si.Zr/c1-3-7-12-10(5-1)9-11-6-2-4-8-13(11)12;1-14(2,3)13-10-11-15(4,5)12-8-6-7-9-12;;;;;;/h1-9H;8-9H,6,10-11H2,1-5H3;2*1H3;2*1H;1H2;. The summed E-state index contributed by atoms with van der Waals surface area (Å²) in [6.07, 6.45) is 6.45. The maximum absolute atomic E-state index is 6.24. The third-order valence-electron chi connectivity index (χ3n) is 7.73. The summed E-state index contributed by atoms with van der Waals surface area (Å²) in [5.41, 5.74) is 6.09. The van der Waals surface area contributed by atoms with Gasteiger partial charge in [0.25, 0.3) is 0 Å². The first-order valence-corrected chi connectivity index (χ1v) is 32.2. The Labute approximate surface area is 224 Å². The van der Waals surface area contributed by atoms with Gasteiger partial charge in [-0.25, -0.2) is 0 Å². The first kappa shape index (κ1) is 30.2. The fourth-order valence-electron chi connectivity index (χ4n) is 5.66. The van der Waals surface area contributed by atoms with E-state index in [0.29, 0.717) is 3.63 Å². The number of hydrogen-bond donors (Lipinski definition) is 0. The zero-order valence-corrected chi connectivity index (χ0v) is 29.4. The predicted octanol–water partition coefficient (Wildman–Crippen LogP) is 8.25. The summed E-state index contributed by atoms with van der Waals surface area (Å²) < 4.78 is 14.0. The van der Waals surface area contributed by atoms with Crippen molar-refractivity contribution in [3.63, 3.8) is 0 Å². The summed E-state index contributed by atoms with van der Waals surface area (Å²) in [4.78, 5) is 0. The third-order valence-corrected chi connectivity index (χ3v) is 29.4. The summed E-state index contributed by atoms with van der Waals surface area (Å²) in [5, 5.41) is 1.67. The van der Waals surface area contributed by atoms with Crippen LogP contribution in [0.1, 0.15) is 21.2 Å². The molecule has 0 N–H and O–H groups in total. The molecule has 0 saturated carbocycles. The molecule has 2 aromatic carbocycles. The van der Waals surface area contributed by atoms with E-state index in [1.165, 1.54) is 23.6 Å². The van der Waals surface area contributed by atoms with Gasteiger partial charge in [0.1, 0.15) is 0 Å². The Morgan fingerprint density at radius 3 is 1.88 bits per heavy atom. The van der Waals surface area contributed by atoms with Crippen molar-refractivity contribution in [2.45, 2.75) is 58.1 Å². The smallest absolute Gasteiger partial charge is 0.147 e. The maximum Gasteiger partial charge on any atom is -0.147 e. The van der Waals surface area contributed by atoms with E-state index in [0.717, 1.165) is 6.61 Å². The number of fused-ring (bicyclic) bond motifs is 3. The second-order valence-electron chi connectivity index (χ2n) is 12.5. The Kier molecular flexibility index (Phi) is 9.24. The molecule has 0 amide bonds. The van der Waals surface area contributed by atoms with Gasteiger partial charge in [-0.05, 0) is 0 Å². The molecule has 0 aromatic heterocycles. The summed E-state index contributed by atoms with van der Waals surface area (Å²) in [5.74, 6) is 0. The number of rotatable bonds is 7. The van der Waals surface area contributed by atoms with Gasteiger partial charge >= 0.3 is 201 Å². The average molecular weight is 629 g/mol. The van der Waals surface area contributed by atoms with Gasteiger partial charge in [0.15, 0.2) is 0 Å². The van der Waals surface area contributed by atoms with Crippen LogP contribution in [0, 0.1) is 0 Å². The van der Waals surface area contributed by atoms with Crippen molar-refractivity contribution in [3.8, 4) is 11.1 Å². The molecule has 34 heavy (non-hydrogen) atoms. The SMILES string of the molecule is C[Si](C)(C)OCC[Si](C)(C)C1=CC[C]([Zr]([CH3])([CH3])(=[SiH2])[CH]2c3ccccc3-c3ccccc32)=C1.Cl.Cl. The van der Waals surface area contributed by atoms with Gasteiger partial charge in [-0.1, -0.05) is 0 Å². The number of benzene rings is 2. The first-order chi connectivity index (χ1) is 14.8. The topological polar surface area (TPSA) is 9.23 Å². The summed E-state index contributed by atoms with van der Waals surface area (Å²) in [7, 11) is -2.93. The quantitative estimate of drug-likeness (QED) is 0.281. The molecule has 7 heteroatoms. The molecule has 0 spiro atoms. The molecule has 0 heterocycles. The van der Waals surface area contributed by atoms with Crippen LogP contribution < -0.4 is 0 Å². The van der Waals surface area contributed by atoms with E-state index in [1.807, 2.05) is 0 Å². The predicted molar refractivity (Wildman–Crippen MR) is 161 cm³/mol. The van der Waals surface area contributed by atoms with Crippen LogP contribution in [-0.4, -0.2) is 29.9 Å². The average Bonchev–Trinajstić information content (AvgIpc) is 3.31. The molecule has 2 aliphatic rings. The molecule has 1 nitrogen and oxygen atoms in total. The van der Waals surface area contributed by atoms with Crippen LogP contribution in [-0.2, 0) is 21.8 Å². The molecule has 0 bridgehead atoms. The van der Waals surface area contributed by atoms with Gasteiger partial charge < -0.3 is 0 Å². The molecule has 4 rings (SSSR count). The van der Waals surface area contributed by atoms with Crippen LogP contribution in [0.4, 0.5) is 0 Å². The second kappa shape index (κ2) is 10.4. The molecule has 0 saturated heterocycles. The minimum Gasteiger partial charge on any atom is -0.147 e. The van der Waals surface area contributed by atoms with Crippen molar-refractivity contribution in [1.29, 1.82) is 0 Å². The zero-order valence-electron chi connectivity index (χ0n) is 21.9. The monoisotopic (exact) mass is 626 g/mol. The molecule has 0 aliphatic heterocycles. The van der Waals surface area contributed by atoms with Crippen LogP contribution >= 0.6 is 24.8 Å². The van der Waals surface area contributed by atoms with Crippen LogP contribution in [0.15, 0.2) is 69.2 Å². The Balaban J connectivity index is 0.00000204. The number of allylic oxidation sites excluding steroid dienone is 4. The van der Waals surface area contributed by atoms with Crippen molar-refractivity contribution in [2.75, 3.05) is 6.61 Å². The second-order valence-corrected chi connectivity index (χ2v) is 51.6. The minimum atomic E-state index is -3.29. The van der Waals surface area contributed by atoms with Gasteiger partial charge in [-0.15, -0.1) is 24.8 Å². The fraction of sp³-hybridized carbons (Fsp3) is 0.407. The number of hydrogen-bond acceptors (Lipinski definition) is 1. The third kappa shape index (κ3) is 5.77. The molecule has 0 unspecified atom stereocenters. The molecular formula is C27H42Cl2OSi3Zr. The number of halogens is 2. The molecule has 2 aromatic rings. The van der Waals surface area contributed by atoms with Crippen molar-refractivity contribution in [2.24, 2.45) is 0 Å². The van der Waals surface area contributed by atoms with E-state index in [9.17, 15) is 0 Å². The van der Waals surface area contributed by atoms with Gasteiger partial charge in [0.05, 0.1) is 0 Å². The van der Waals surface area contributed by atoms with E-state index in [2.05, 4.69) is 110 Å². The van der Waals surface area contributed by atoms with Crippen molar-refractivity contribution < 1.29 is 21.8 Å². The van der Waals surface area contributed by atoms with Crippen LogP contribution in [0.2, 0.25) is 48.0 Å². The summed E-state index contributed by atoms with van der Waals surface area (Å²) >= 11 is -3.29. The van der Waals surface area contributed by atoms with Crippen molar-refractivity contribution >= 4 is 48.1 Å². The molecule has 0 radical (unpaired) electrons. The molecule has 186 valence electrons. The van der Waals surface area contributed by atoms with E-state index in [1.54, 1.807) is 19.6 Å². The van der Waals surface area contributed by atoms with E-state index >= 15 is 0 Å². The minimum absolute atomic E-state index is 0. The Morgan fingerprint density at radius 2 is 1.38 bits per heavy atom. The van der Waals surface area contributed by atoms with Crippen molar-refractivity contribution in [3.05, 3.63) is 80.3 Å². The molecule has 0 fully saturated rings. The van der Waals surface area contributed by atoms with Gasteiger partial charge in [-0.2, -0.15) is 0 Å². The molecular weight excluding hydrogens is 587 g/mol. The largest absolute Gasteiger partial charge is 0.147 e. The maximum atomic E-state index is 6.24. The van der Waals surface area contributed by atoms with Crippen molar-refractivity contribution in [1.82, 2.24) is 0 Å². The van der Waals surface area contributed by atoms with Crippen LogP contribution in [0.5, 0.6) is 0 Å². The summed E-state index contributed by atoms with van der Waals surface area (Å²) in [6.45, 7) is 15.3. The molecule has 2 aliphatic carbocycles. The van der Waals surface area contributed by atoms with Crippen LogP contribution in [0.3, 0.4) is 0 Å². The van der Waals surface area contributed by atoms with Gasteiger partial charge in [-0.3, -0.25) is 0 Å². The first-order valence-electron chi connectivity index (χ1n) is 12.1. The Bertz CT molecular complexity index is 1140. The van der Waals surface area contributed by atoms with Crippen LogP contribution in [0.25, 0.3) is 11.1 Å². The fourth-order valence-corrected chi connectivity index (χ4v) is 23.6. The van der Waals surface area contributed by atoms with Gasteiger partial charge in [0, 0.05) is 0 Å². The zero-order chi connectivity index (χ0) is 23.4. The van der Waals surface area contributed by atoms with E-state index in [4.69, 9.17) is 4.43 Å². The van der Waals surface area contributed by atoms with E-state index in [-0.39, 0.29) is 24.8 Å². The normalized spacial score (nSPS) is 16.1.